The first-order valence-electron chi connectivity index (χ1n) is 31.3. The molecule has 1 aliphatic heterocycles. The SMILES string of the molecule is C[C@H](NC(=O)[C@H](Cc1ccc(O)cc1)NC(=O)[C@@H]1CNC(=O)[C@@H](N)CC(=O)N[C@@H](Cc2c[nH]c3ccccc23)C(=O)N[C@@H](CC(N)=O)C(=O)N1)C(=O)N[C@@H](Cc1ccc(O)cc1)C(=O)N[C@@H](CCC(=O)O)C(=O)N[C@@H](Cc1c[nH]c2ccccc12)C(=O)NCC(=O)N[C@@H](CC(N)=O)C(N)=O. The van der Waals surface area contributed by atoms with Crippen LogP contribution >= 0.6 is 0 Å². The Kier molecular flexibility index (Phi) is 26.2. The quantitative estimate of drug-likeness (QED) is 0.0200. The molecule has 3 heterocycles. The van der Waals surface area contributed by atoms with E-state index in [1.807, 2.05) is 0 Å². The number of benzene rings is 4. The average molecular weight is 1380 g/mol. The number of carboxylic acid groups (broad SMARTS) is 1. The van der Waals surface area contributed by atoms with Crippen molar-refractivity contribution in [2.45, 2.75) is 125 Å². The molecule has 0 bridgehead atoms. The normalized spacial score (nSPS) is 17.6. The van der Waals surface area contributed by atoms with Gasteiger partial charge in [-0.05, 0) is 72.0 Å². The van der Waals surface area contributed by atoms with E-state index in [9.17, 15) is 87.2 Å². The number of carbonyl (C=O) groups is 15. The van der Waals surface area contributed by atoms with E-state index in [-0.39, 0.29) is 24.3 Å². The van der Waals surface area contributed by atoms with Crippen LogP contribution in [0.1, 0.15) is 61.3 Å². The highest BCUT2D eigenvalue weighted by atomic mass is 16.4. The van der Waals surface area contributed by atoms with E-state index in [0.717, 1.165) is 0 Å². The van der Waals surface area contributed by atoms with Crippen LogP contribution in [0.4, 0.5) is 0 Å². The van der Waals surface area contributed by atoms with Crippen molar-refractivity contribution in [1.29, 1.82) is 0 Å². The van der Waals surface area contributed by atoms with Gasteiger partial charge in [0.05, 0.1) is 31.8 Å². The number of H-pyrrole nitrogens is 2. The molecule has 35 nitrogen and oxygen atoms in total. The van der Waals surface area contributed by atoms with Crippen LogP contribution in [0, 0.1) is 0 Å². The number of aromatic hydroxyl groups is 2. The molecular weight excluding hydrogens is 1310 g/mol. The second-order valence-corrected chi connectivity index (χ2v) is 23.7. The standard InChI is InChI=1S/C65H77N17O18/c1-31(74-61(96)45(20-32-10-14-36(83)15-11-32)79-65(100)50-29-72-58(93)40(66)24-53(87)76-48(23-35-28-71-42-9-5-3-7-39(35)42)63(98)81-49(26-52(68)86)64(99)82-50)57(92)78-46(21-33-12-16-37(84)17-13-33)62(97)77-43(18-19-55(89)90)60(95)80-47(22-34-27-70-41-8-4-2-6-38(34)41)59(94)73-30-54(88)75-44(56(69)91)25-51(67)85/h2-17,27-28,31,40,43-50,70-71,83-84H,18-26,29-30,66H2,1H3,(H2,67,85)(H2,68,86)(H2,69,91)(H,72,93)(H,73,94)(H,74,96)(H,75,88)(H,76,87)(H,77,97)(H,78,92)(H,79,100)(H,80,95)(H,81,98)(H,82,99)(H,89,90)/t31-,40-,43-,44-,45-,46-,47-,48-,49-,50-/m0/s1. The zero-order chi connectivity index (χ0) is 72.9. The summed E-state index contributed by atoms with van der Waals surface area (Å²) in [5.41, 5.74) is 25.1. The van der Waals surface area contributed by atoms with Gasteiger partial charge >= 0.3 is 5.97 Å². The fourth-order valence-electron chi connectivity index (χ4n) is 10.6. The first-order valence-corrected chi connectivity index (χ1v) is 31.3. The number of hydrogen-bond donors (Lipinski definition) is 20. The van der Waals surface area contributed by atoms with Gasteiger partial charge in [0, 0.05) is 72.8 Å². The van der Waals surface area contributed by atoms with Gasteiger partial charge in [-0.1, -0.05) is 60.7 Å². The summed E-state index contributed by atoms with van der Waals surface area (Å²) in [4.78, 5) is 209. The van der Waals surface area contributed by atoms with Crippen LogP contribution in [0.15, 0.2) is 109 Å². The molecular formula is C65H77N17O18. The number of hydrogen-bond acceptors (Lipinski definition) is 18. The Bertz CT molecular complexity index is 4060. The number of carboxylic acids is 1. The van der Waals surface area contributed by atoms with Gasteiger partial charge in [-0.3, -0.25) is 71.9 Å². The monoisotopic (exact) mass is 1380 g/mol. The number of amides is 14. The molecule has 100 heavy (non-hydrogen) atoms. The molecule has 1 fully saturated rings. The van der Waals surface area contributed by atoms with Gasteiger partial charge < -0.3 is 107 Å². The van der Waals surface area contributed by atoms with E-state index in [0.29, 0.717) is 44.1 Å². The maximum atomic E-state index is 14.6. The largest absolute Gasteiger partial charge is 0.508 e. The number of nitrogens with one attached hydrogen (secondary N) is 13. The van der Waals surface area contributed by atoms with Gasteiger partial charge in [0.25, 0.3) is 0 Å². The number of phenols is 2. The van der Waals surface area contributed by atoms with Crippen molar-refractivity contribution in [3.05, 3.63) is 132 Å². The Morgan fingerprint density at radius 1 is 0.550 bits per heavy atom. The highest BCUT2D eigenvalue weighted by molar-refractivity contribution is 6.01. The third-order valence-electron chi connectivity index (χ3n) is 15.9. The first-order chi connectivity index (χ1) is 47.5. The molecule has 2 aromatic heterocycles. The summed E-state index contributed by atoms with van der Waals surface area (Å²) >= 11 is 0. The van der Waals surface area contributed by atoms with Crippen molar-refractivity contribution in [2.75, 3.05) is 13.1 Å². The Hall–Kier alpha value is -12.4. The number of carbonyl (C=O) groups excluding carboxylic acids is 14. The molecule has 6 aromatic rings. The molecule has 10 atom stereocenters. The summed E-state index contributed by atoms with van der Waals surface area (Å²) in [6, 6.07) is 7.86. The van der Waals surface area contributed by atoms with Crippen LogP contribution in [0.5, 0.6) is 11.5 Å². The number of aromatic amines is 2. The molecule has 0 radical (unpaired) electrons. The van der Waals surface area contributed by atoms with Crippen molar-refractivity contribution in [2.24, 2.45) is 22.9 Å². The van der Waals surface area contributed by atoms with Gasteiger partial charge in [0.2, 0.25) is 82.7 Å². The lowest BCUT2D eigenvalue weighted by Crippen LogP contribution is -2.63. The van der Waals surface area contributed by atoms with Crippen LogP contribution in [0.2, 0.25) is 0 Å². The minimum absolute atomic E-state index is 0.169. The summed E-state index contributed by atoms with van der Waals surface area (Å²) in [7, 11) is 0. The first kappa shape index (κ1) is 75.0. The van der Waals surface area contributed by atoms with E-state index in [1.165, 1.54) is 55.5 Å². The summed E-state index contributed by atoms with van der Waals surface area (Å²) in [6.07, 6.45) is -1.66. The molecule has 35 heteroatoms. The smallest absolute Gasteiger partial charge is 0.303 e. The summed E-state index contributed by atoms with van der Waals surface area (Å²) in [6.45, 7) is -0.432. The number of rotatable bonds is 30. The highest BCUT2D eigenvalue weighted by Crippen LogP contribution is 2.22. The van der Waals surface area contributed by atoms with E-state index < -0.39 is 207 Å². The average Bonchev–Trinajstić information content (AvgIpc) is 1.63. The van der Waals surface area contributed by atoms with Crippen molar-refractivity contribution in [3.8, 4) is 11.5 Å². The highest BCUT2D eigenvalue weighted by Gasteiger charge is 2.37. The van der Waals surface area contributed by atoms with E-state index in [4.69, 9.17) is 22.9 Å². The maximum Gasteiger partial charge on any atom is 0.303 e. The molecule has 14 amide bonds. The zero-order valence-electron chi connectivity index (χ0n) is 53.7. The summed E-state index contributed by atoms with van der Waals surface area (Å²) in [5, 5.41) is 58.0. The zero-order valence-corrected chi connectivity index (χ0v) is 53.7. The Morgan fingerprint density at radius 3 is 1.65 bits per heavy atom. The molecule has 0 spiro atoms. The van der Waals surface area contributed by atoms with Crippen LogP contribution < -0.4 is 81.4 Å². The number of aromatic nitrogens is 2. The van der Waals surface area contributed by atoms with Crippen LogP contribution in [0.25, 0.3) is 21.8 Å². The molecule has 24 N–H and O–H groups in total. The fourth-order valence-corrected chi connectivity index (χ4v) is 10.6. The Morgan fingerprint density at radius 2 is 1.07 bits per heavy atom. The van der Waals surface area contributed by atoms with Gasteiger partial charge in [-0.25, -0.2) is 0 Å². The van der Waals surface area contributed by atoms with Crippen molar-refractivity contribution < 1.29 is 87.2 Å². The van der Waals surface area contributed by atoms with Crippen molar-refractivity contribution in [3.63, 3.8) is 0 Å². The van der Waals surface area contributed by atoms with Gasteiger partial charge in [-0.2, -0.15) is 0 Å². The molecule has 0 saturated carbocycles. The molecule has 0 unspecified atom stereocenters. The number of nitrogens with two attached hydrogens (primary N) is 4. The third kappa shape index (κ3) is 22.1. The summed E-state index contributed by atoms with van der Waals surface area (Å²) < 4.78 is 0. The minimum atomic E-state index is -1.87. The van der Waals surface area contributed by atoms with E-state index in [1.54, 1.807) is 60.9 Å². The molecule has 0 aliphatic carbocycles. The van der Waals surface area contributed by atoms with Gasteiger partial charge in [-0.15, -0.1) is 0 Å². The number of fused-ring (bicyclic) bond motifs is 2. The second kappa shape index (κ2) is 35.0. The van der Waals surface area contributed by atoms with E-state index >= 15 is 0 Å². The molecule has 1 aliphatic rings. The maximum absolute atomic E-state index is 14.6. The predicted octanol–water partition coefficient (Wildman–Crippen LogP) is -5.22. The fraction of sp³-hybridized carbons (Fsp3) is 0.338. The minimum Gasteiger partial charge on any atom is -0.508 e. The number of aliphatic carboxylic acids is 1. The predicted molar refractivity (Wildman–Crippen MR) is 353 cm³/mol. The lowest BCUT2D eigenvalue weighted by molar-refractivity contribution is -0.138. The lowest BCUT2D eigenvalue weighted by atomic mass is 10.0. The third-order valence-corrected chi connectivity index (χ3v) is 15.9. The molecule has 7 rings (SSSR count). The lowest BCUT2D eigenvalue weighted by Gasteiger charge is -2.28. The van der Waals surface area contributed by atoms with E-state index in [2.05, 4.69) is 68.5 Å². The number of para-hydroxylation sites is 2. The summed E-state index contributed by atoms with van der Waals surface area (Å²) in [5.74, 6) is -16.6. The molecule has 4 aromatic carbocycles. The Balaban J connectivity index is 1.11. The van der Waals surface area contributed by atoms with Crippen molar-refractivity contribution >= 4 is 110 Å². The second-order valence-electron chi connectivity index (χ2n) is 23.7. The molecule has 530 valence electrons. The Labute approximate surface area is 568 Å². The van der Waals surface area contributed by atoms with Gasteiger partial charge in [0.1, 0.15) is 65.9 Å². The molecule has 1 saturated heterocycles. The topological polar surface area (TPSA) is 585 Å². The van der Waals surface area contributed by atoms with Crippen LogP contribution in [-0.2, 0) is 97.6 Å². The van der Waals surface area contributed by atoms with Crippen LogP contribution in [-0.4, -0.2) is 187 Å². The van der Waals surface area contributed by atoms with Gasteiger partial charge in [0.15, 0.2) is 0 Å². The van der Waals surface area contributed by atoms with Crippen molar-refractivity contribution in [1.82, 2.24) is 68.5 Å². The number of phenolic OH excluding ortho intramolecular Hbond substituents is 2. The van der Waals surface area contributed by atoms with Crippen LogP contribution in [0.3, 0.4) is 0 Å². The number of primary amides is 3.